The number of aryl methyl sites for hydroxylation is 2. The van der Waals surface area contributed by atoms with E-state index in [4.69, 9.17) is 28.9 Å². The molecule has 5 aliphatic heterocycles. The summed E-state index contributed by atoms with van der Waals surface area (Å²) < 4.78 is 61.8. The number of aliphatic hydroxyl groups is 2. The van der Waals surface area contributed by atoms with Crippen molar-refractivity contribution in [3.8, 4) is 11.1 Å². The van der Waals surface area contributed by atoms with Gasteiger partial charge in [0.15, 0.2) is 0 Å². The minimum atomic E-state index is -4.27. The Kier molecular flexibility index (Phi) is 21.3. The van der Waals surface area contributed by atoms with E-state index in [9.17, 15) is 27.9 Å². The Morgan fingerprint density at radius 2 is 1.19 bits per heavy atom. The zero-order valence-corrected chi connectivity index (χ0v) is 48.4. The van der Waals surface area contributed by atoms with Gasteiger partial charge in [0.2, 0.25) is 0 Å². The van der Waals surface area contributed by atoms with Crippen molar-refractivity contribution in [2.75, 3.05) is 136 Å². The number of amides is 4. The Balaban J connectivity index is 0.000000180. The molecule has 0 spiro atoms. The summed E-state index contributed by atoms with van der Waals surface area (Å²) in [7, 11) is -0.566. The largest absolute Gasteiger partial charge is 0.495 e. The Morgan fingerprint density at radius 1 is 0.696 bits per heavy atom. The van der Waals surface area contributed by atoms with Crippen LogP contribution in [0.25, 0.3) is 11.1 Å². The maximum atomic E-state index is 12.8. The summed E-state index contributed by atoms with van der Waals surface area (Å²) in [4.78, 5) is 42.1. The van der Waals surface area contributed by atoms with Crippen molar-refractivity contribution in [3.05, 3.63) is 98.7 Å². The summed E-state index contributed by atoms with van der Waals surface area (Å²) in [5.41, 5.74) is 6.74. The molecule has 2 aromatic carbocycles. The molecule has 0 aliphatic carbocycles. The fraction of sp³-hybridized carbons (Fsp3) is 0.500. The van der Waals surface area contributed by atoms with Crippen LogP contribution in [-0.2, 0) is 18.8 Å². The van der Waals surface area contributed by atoms with E-state index in [1.165, 1.54) is 16.5 Å². The number of hydrogen-bond acceptors (Lipinski definition) is 14. The minimum Gasteiger partial charge on any atom is -0.399 e. The first kappa shape index (κ1) is 60.9. The number of anilines is 6. The lowest BCUT2D eigenvalue weighted by Crippen LogP contribution is -2.41. The third kappa shape index (κ3) is 17.2. The van der Waals surface area contributed by atoms with Crippen molar-refractivity contribution in [2.24, 2.45) is 0 Å². The zero-order valence-electron chi connectivity index (χ0n) is 46.3. The van der Waals surface area contributed by atoms with Crippen LogP contribution in [-0.4, -0.2) is 172 Å². The van der Waals surface area contributed by atoms with Crippen LogP contribution < -0.4 is 36.5 Å². The molecule has 0 bridgehead atoms. The predicted octanol–water partition coefficient (Wildman–Crippen LogP) is 8.43. The maximum absolute atomic E-state index is 12.8. The van der Waals surface area contributed by atoms with E-state index in [0.29, 0.717) is 50.9 Å². The van der Waals surface area contributed by atoms with E-state index in [2.05, 4.69) is 90.7 Å². The number of urea groups is 2. The molecule has 18 nitrogen and oxygen atoms in total. The molecule has 2 aromatic heterocycles. The van der Waals surface area contributed by atoms with Crippen LogP contribution in [0.4, 0.5) is 57.4 Å². The third-order valence-corrected chi connectivity index (χ3v) is 15.0. The van der Waals surface area contributed by atoms with Gasteiger partial charge in [-0.1, -0.05) is 42.3 Å². The molecule has 23 heteroatoms. The molecule has 4 amide bonds. The first-order valence-electron chi connectivity index (χ1n) is 26.8. The molecule has 428 valence electrons. The van der Waals surface area contributed by atoms with Gasteiger partial charge in [-0.25, -0.2) is 19.6 Å². The number of nitrogens with one attached hydrogen (secondary N) is 4. The first-order chi connectivity index (χ1) is 37.6. The molecular formula is C56H75BF3IN10O8. The minimum absolute atomic E-state index is 0.0265. The number of ether oxygens (including phenoxy) is 2. The molecule has 4 aromatic rings. The van der Waals surface area contributed by atoms with Gasteiger partial charge < -0.3 is 69.9 Å². The molecule has 9 rings (SSSR count). The fourth-order valence-corrected chi connectivity index (χ4v) is 9.72. The highest BCUT2D eigenvalue weighted by atomic mass is 127. The molecular weight excluding hydrogens is 1140 g/mol. The lowest BCUT2D eigenvalue weighted by atomic mass is 9.76. The second kappa shape index (κ2) is 27.7. The maximum Gasteiger partial charge on any atom is 0.495 e. The second-order valence-corrected chi connectivity index (χ2v) is 22.1. The van der Waals surface area contributed by atoms with Gasteiger partial charge in [-0.3, -0.25) is 0 Å². The summed E-state index contributed by atoms with van der Waals surface area (Å²) >= 11 is 2.28. The molecule has 0 unspecified atom stereocenters. The Labute approximate surface area is 475 Å². The molecule has 5 aliphatic rings. The lowest BCUT2D eigenvalue weighted by molar-refractivity contribution is -0.127. The number of halogens is 4. The summed E-state index contributed by atoms with van der Waals surface area (Å²) in [6, 6.07) is 19.0. The molecule has 0 saturated carbocycles. The van der Waals surface area contributed by atoms with E-state index >= 15 is 0 Å². The number of carbonyl (C=O) groups is 2. The van der Waals surface area contributed by atoms with Crippen molar-refractivity contribution in [1.82, 2.24) is 19.8 Å². The monoisotopic (exact) mass is 1210 g/mol. The Bertz CT molecular complexity index is 2780. The third-order valence-electron chi connectivity index (χ3n) is 14.4. The van der Waals surface area contributed by atoms with Crippen LogP contribution in [0, 0.1) is 17.4 Å². The molecule has 7 heterocycles. The molecule has 0 radical (unpaired) electrons. The van der Waals surface area contributed by atoms with Gasteiger partial charge in [0.1, 0.15) is 23.3 Å². The van der Waals surface area contributed by atoms with Crippen molar-refractivity contribution >= 4 is 81.9 Å². The summed E-state index contributed by atoms with van der Waals surface area (Å²) in [5, 5.41) is 30.2. The highest BCUT2D eigenvalue weighted by Gasteiger charge is 2.52. The summed E-state index contributed by atoms with van der Waals surface area (Å²) in [6.45, 7) is 22.7. The molecule has 79 heavy (non-hydrogen) atoms. The number of rotatable bonds is 14. The molecule has 3 saturated heterocycles. The highest BCUT2D eigenvalue weighted by molar-refractivity contribution is 14.1. The van der Waals surface area contributed by atoms with E-state index in [-0.39, 0.29) is 37.9 Å². The van der Waals surface area contributed by atoms with Crippen LogP contribution in [0.5, 0.6) is 0 Å². The average molecular weight is 1210 g/mol. The van der Waals surface area contributed by atoms with E-state index < -0.39 is 36.9 Å². The number of aromatic nitrogens is 2. The topological polar surface area (TPSA) is 198 Å². The number of aliphatic hydroxyl groups excluding tert-OH is 2. The van der Waals surface area contributed by atoms with Gasteiger partial charge in [-0.2, -0.15) is 13.2 Å². The van der Waals surface area contributed by atoms with Gasteiger partial charge >= 0.3 is 25.4 Å². The number of nitrogens with zero attached hydrogens (tertiary/aromatic N) is 6. The lowest BCUT2D eigenvalue weighted by Gasteiger charge is -2.32. The van der Waals surface area contributed by atoms with Crippen molar-refractivity contribution in [1.29, 1.82) is 0 Å². The standard InChI is InChI=1S/C25H33N5O3.C20H26BF3N2O3.C11H16IN3O2/c1-3-19-6-8-30(17-19)25(32)27-21-5-4-18(2)22(16-21)20-14-23(26-7-11-31)28-24(15-20)29-9-12-33-13-10-29;1-13-6-7-15(10-16(13)21-28-18(2,3)19(4,5)29-21)25-17(27)26-9-8-14(12-26)11-20(22,23)24;12-9-7-10(13-1-4-16)14-11(8-9)15-2-5-17-6-3-15/h4-6,14-16,31H,3,7-13,17H2,1-2H3,(H,26,28)(H,27,32);6-8,10H,9,11-12H2,1-5H3,(H,25,27);7-8,16H,1-6H2,(H,13,14). The number of benzene rings is 2. The highest BCUT2D eigenvalue weighted by Crippen LogP contribution is 2.37. The fourth-order valence-electron chi connectivity index (χ4n) is 9.15. The normalized spacial score (nSPS) is 17.8. The summed E-state index contributed by atoms with van der Waals surface area (Å²) in [6.07, 6.45) is -0.706. The quantitative estimate of drug-likeness (QED) is 0.0400. The molecule has 0 atom stereocenters. The van der Waals surface area contributed by atoms with E-state index in [0.717, 1.165) is 100 Å². The average Bonchev–Trinajstić information content (AvgIpc) is 4.22. The Morgan fingerprint density at radius 3 is 1.71 bits per heavy atom. The zero-order chi connectivity index (χ0) is 56.9. The van der Waals surface area contributed by atoms with Gasteiger partial charge in [-0.15, -0.1) is 0 Å². The molecule has 6 N–H and O–H groups in total. The van der Waals surface area contributed by atoms with Crippen LogP contribution in [0.3, 0.4) is 0 Å². The van der Waals surface area contributed by atoms with Crippen LogP contribution in [0.1, 0.15) is 58.6 Å². The first-order valence-corrected chi connectivity index (χ1v) is 27.9. The van der Waals surface area contributed by atoms with Crippen LogP contribution in [0.15, 0.2) is 84.0 Å². The summed E-state index contributed by atoms with van der Waals surface area (Å²) in [5.74, 6) is 3.38. The van der Waals surface area contributed by atoms with Gasteiger partial charge in [0.05, 0.1) is 57.3 Å². The Hall–Kier alpha value is -5.70. The predicted molar refractivity (Wildman–Crippen MR) is 314 cm³/mol. The second-order valence-electron chi connectivity index (χ2n) is 20.8. The van der Waals surface area contributed by atoms with Crippen molar-refractivity contribution in [2.45, 2.75) is 78.7 Å². The number of hydrogen-bond donors (Lipinski definition) is 6. The smallest absolute Gasteiger partial charge is 0.399 e. The number of pyridine rings is 2. The van der Waals surface area contributed by atoms with Crippen molar-refractivity contribution in [3.63, 3.8) is 0 Å². The van der Waals surface area contributed by atoms with E-state index in [1.54, 1.807) is 12.1 Å². The number of alkyl halides is 3. The van der Waals surface area contributed by atoms with Gasteiger partial charge in [-0.05, 0) is 147 Å². The van der Waals surface area contributed by atoms with E-state index in [1.807, 2.05) is 75.9 Å². The SMILES string of the molecule is CCC1=CCN(C(=O)Nc2ccc(C)c(-c3cc(NCCO)nc(N4CCOCC4)c3)c2)C1.Cc1ccc(NC(=O)N2CC=C(CC(F)(F)F)C2)cc1B1OC(C)(C)C(C)(C)O1.OCCNc1cc(I)cc(N2CCOCC2)n1. The molecule has 3 fully saturated rings. The van der Waals surface area contributed by atoms with Crippen LogP contribution in [0.2, 0.25) is 0 Å². The van der Waals surface area contributed by atoms with Gasteiger partial charge in [0.25, 0.3) is 0 Å². The number of morpholine rings is 2. The number of carbonyl (C=O) groups excluding carboxylic acids is 2. The van der Waals surface area contributed by atoms with Crippen LogP contribution >= 0.6 is 22.6 Å². The van der Waals surface area contributed by atoms with Crippen molar-refractivity contribution < 1.29 is 51.8 Å². The van der Waals surface area contributed by atoms with Gasteiger partial charge in [0, 0.05) is 80.4 Å².